The number of fused-ring (bicyclic) bond motifs is 11. The van der Waals surface area contributed by atoms with Gasteiger partial charge in [0.25, 0.3) is 6.71 Å². The summed E-state index contributed by atoms with van der Waals surface area (Å²) in [5.41, 5.74) is 12.4. The summed E-state index contributed by atoms with van der Waals surface area (Å²) in [4.78, 5) is 0. The van der Waals surface area contributed by atoms with Crippen LogP contribution in [0, 0.1) is 6.92 Å². The fraction of sp³-hybridized carbons (Fsp3) is 0.0270. The largest absolute Gasteiger partial charge is 0.458 e. The number of ether oxygens (including phenoxy) is 1. The summed E-state index contributed by atoms with van der Waals surface area (Å²) in [5, 5.41) is 5.16. The van der Waals surface area contributed by atoms with E-state index in [2.05, 4.69) is 137 Å². The highest BCUT2D eigenvalue weighted by molar-refractivity contribution is 6.99. The highest BCUT2D eigenvalue weighted by atomic mass is 16.5. The lowest BCUT2D eigenvalue weighted by atomic mass is 9.34. The standard InChI is InChI=1S/C37H23BN2O/c1-22-20-34-36-37-35(22)26-12-4-8-16-31(26)40(37)32-17-9-5-13-27(32)38(36)28-21-23(18-19-33(28)41-34)39-29-14-6-2-10-24(29)25-11-3-7-15-30(25)39/h2-21H,1H3. The molecular weight excluding hydrogens is 499 g/mol. The molecule has 0 unspecified atom stereocenters. The van der Waals surface area contributed by atoms with E-state index in [9.17, 15) is 0 Å². The second-order valence-corrected chi connectivity index (χ2v) is 11.4. The van der Waals surface area contributed by atoms with Gasteiger partial charge in [-0.15, -0.1) is 0 Å². The van der Waals surface area contributed by atoms with Gasteiger partial charge in [-0.2, -0.15) is 0 Å². The van der Waals surface area contributed by atoms with Crippen molar-refractivity contribution < 1.29 is 4.74 Å². The van der Waals surface area contributed by atoms with Gasteiger partial charge in [-0.1, -0.05) is 72.8 Å². The first kappa shape index (κ1) is 21.6. The molecule has 0 fully saturated rings. The maximum absolute atomic E-state index is 6.76. The molecule has 6 aromatic carbocycles. The summed E-state index contributed by atoms with van der Waals surface area (Å²) >= 11 is 0. The molecule has 41 heavy (non-hydrogen) atoms. The SMILES string of the molecule is Cc1cc2c3c4c1c1ccccc1n4-c1ccccc1B3c1cc(-n3c4ccccc4c4ccccc43)ccc1O2. The van der Waals surface area contributed by atoms with E-state index in [4.69, 9.17) is 4.74 Å². The quantitative estimate of drug-likeness (QED) is 0.210. The summed E-state index contributed by atoms with van der Waals surface area (Å²) in [7, 11) is 0. The van der Waals surface area contributed by atoms with Crippen LogP contribution in [0.25, 0.3) is 55.0 Å². The van der Waals surface area contributed by atoms with Crippen LogP contribution in [-0.4, -0.2) is 15.8 Å². The molecule has 190 valence electrons. The van der Waals surface area contributed by atoms with Crippen LogP contribution in [0.1, 0.15) is 5.56 Å². The highest BCUT2D eigenvalue weighted by Crippen LogP contribution is 2.40. The lowest BCUT2D eigenvalue weighted by Gasteiger charge is -2.33. The van der Waals surface area contributed by atoms with Gasteiger partial charge in [-0.05, 0) is 77.4 Å². The van der Waals surface area contributed by atoms with E-state index in [1.165, 1.54) is 71.3 Å². The van der Waals surface area contributed by atoms with Crippen LogP contribution in [0.2, 0.25) is 0 Å². The van der Waals surface area contributed by atoms with Crippen LogP contribution >= 0.6 is 0 Å². The molecule has 4 heteroatoms. The lowest BCUT2D eigenvalue weighted by Crippen LogP contribution is -2.58. The normalized spacial score (nSPS) is 13.1. The maximum Gasteiger partial charge on any atom is 0.256 e. The topological polar surface area (TPSA) is 19.1 Å². The zero-order valence-electron chi connectivity index (χ0n) is 22.4. The van der Waals surface area contributed by atoms with Gasteiger partial charge in [0.05, 0.1) is 22.1 Å². The van der Waals surface area contributed by atoms with E-state index in [0.29, 0.717) is 0 Å². The third kappa shape index (κ3) is 2.61. The van der Waals surface area contributed by atoms with Crippen molar-refractivity contribution in [2.45, 2.75) is 6.92 Å². The van der Waals surface area contributed by atoms with Gasteiger partial charge in [0.1, 0.15) is 11.5 Å². The molecule has 2 aromatic heterocycles. The second-order valence-electron chi connectivity index (χ2n) is 11.4. The monoisotopic (exact) mass is 522 g/mol. The van der Waals surface area contributed by atoms with E-state index in [-0.39, 0.29) is 6.71 Å². The molecule has 0 aliphatic carbocycles. The zero-order chi connectivity index (χ0) is 26.8. The van der Waals surface area contributed by atoms with Crippen LogP contribution in [-0.2, 0) is 0 Å². The van der Waals surface area contributed by atoms with Gasteiger partial charge in [-0.25, -0.2) is 0 Å². The van der Waals surface area contributed by atoms with Crippen molar-refractivity contribution in [1.29, 1.82) is 0 Å². The number of hydrogen-bond donors (Lipinski definition) is 0. The zero-order valence-corrected chi connectivity index (χ0v) is 22.4. The third-order valence-electron chi connectivity index (χ3n) is 9.28. The molecule has 3 nitrogen and oxygen atoms in total. The minimum Gasteiger partial charge on any atom is -0.458 e. The summed E-state index contributed by atoms with van der Waals surface area (Å²) in [6.07, 6.45) is 0. The van der Waals surface area contributed by atoms with Gasteiger partial charge in [0.15, 0.2) is 0 Å². The highest BCUT2D eigenvalue weighted by Gasteiger charge is 2.41. The number of aromatic nitrogens is 2. The number of benzene rings is 6. The van der Waals surface area contributed by atoms with Crippen LogP contribution in [0.15, 0.2) is 121 Å². The first-order valence-corrected chi connectivity index (χ1v) is 14.2. The number of para-hydroxylation sites is 4. The Morgan fingerprint density at radius 1 is 0.561 bits per heavy atom. The average molecular weight is 522 g/mol. The Bertz CT molecular complexity index is 2380. The van der Waals surface area contributed by atoms with E-state index < -0.39 is 0 Å². The summed E-state index contributed by atoms with van der Waals surface area (Å²) < 4.78 is 11.6. The van der Waals surface area contributed by atoms with Gasteiger partial charge >= 0.3 is 0 Å². The molecule has 8 aromatic rings. The first-order valence-electron chi connectivity index (χ1n) is 14.2. The van der Waals surface area contributed by atoms with Gasteiger partial charge in [0, 0.05) is 32.9 Å². The fourth-order valence-corrected chi connectivity index (χ4v) is 7.70. The van der Waals surface area contributed by atoms with Crippen molar-refractivity contribution in [3.63, 3.8) is 0 Å². The molecule has 0 amide bonds. The Hall–Kier alpha value is -5.22. The molecular formula is C37H23BN2O. The molecule has 0 atom stereocenters. The van der Waals surface area contributed by atoms with Crippen molar-refractivity contribution in [1.82, 2.24) is 9.13 Å². The number of nitrogens with zero attached hydrogens (tertiary/aromatic N) is 2. The molecule has 2 aliphatic rings. The van der Waals surface area contributed by atoms with Crippen molar-refractivity contribution >= 4 is 66.7 Å². The molecule has 2 aliphatic heterocycles. The number of hydrogen-bond acceptors (Lipinski definition) is 1. The predicted octanol–water partition coefficient (Wildman–Crippen LogP) is 7.12. The minimum atomic E-state index is 0.0814. The molecule has 0 N–H and O–H groups in total. The number of rotatable bonds is 1. The Kier molecular flexibility index (Phi) is 3.95. The van der Waals surface area contributed by atoms with Gasteiger partial charge in [0.2, 0.25) is 0 Å². The number of aryl methyl sites for hydroxylation is 1. The smallest absolute Gasteiger partial charge is 0.256 e. The lowest BCUT2D eigenvalue weighted by molar-refractivity contribution is 0.487. The van der Waals surface area contributed by atoms with Crippen molar-refractivity contribution in [3.05, 3.63) is 127 Å². The van der Waals surface area contributed by atoms with Crippen molar-refractivity contribution in [2.24, 2.45) is 0 Å². The molecule has 0 bridgehead atoms. The van der Waals surface area contributed by atoms with Gasteiger partial charge < -0.3 is 13.9 Å². The molecule has 0 saturated heterocycles. The maximum atomic E-state index is 6.76. The van der Waals surface area contributed by atoms with Crippen molar-refractivity contribution in [3.8, 4) is 22.9 Å². The van der Waals surface area contributed by atoms with Crippen LogP contribution in [0.5, 0.6) is 11.5 Å². The molecule has 0 spiro atoms. The van der Waals surface area contributed by atoms with Crippen LogP contribution in [0.3, 0.4) is 0 Å². The van der Waals surface area contributed by atoms with E-state index in [1.54, 1.807) is 0 Å². The Morgan fingerprint density at radius 2 is 1.20 bits per heavy atom. The molecule has 0 radical (unpaired) electrons. The van der Waals surface area contributed by atoms with Crippen LogP contribution < -0.4 is 21.1 Å². The fourth-order valence-electron chi connectivity index (χ4n) is 7.70. The Balaban J connectivity index is 1.32. The Morgan fingerprint density at radius 3 is 1.95 bits per heavy atom. The predicted molar refractivity (Wildman–Crippen MR) is 171 cm³/mol. The van der Waals surface area contributed by atoms with Crippen LogP contribution in [0.4, 0.5) is 0 Å². The first-order chi connectivity index (χ1) is 20.3. The van der Waals surface area contributed by atoms with Gasteiger partial charge in [-0.3, -0.25) is 0 Å². The second kappa shape index (κ2) is 7.49. The molecule has 0 saturated carbocycles. The minimum absolute atomic E-state index is 0.0814. The summed E-state index contributed by atoms with van der Waals surface area (Å²) in [6, 6.07) is 44.1. The van der Waals surface area contributed by atoms with E-state index in [1.807, 2.05) is 0 Å². The third-order valence-corrected chi connectivity index (χ3v) is 9.28. The van der Waals surface area contributed by atoms with E-state index >= 15 is 0 Å². The van der Waals surface area contributed by atoms with E-state index in [0.717, 1.165) is 17.2 Å². The average Bonchev–Trinajstić information content (AvgIpc) is 3.55. The molecule has 4 heterocycles. The summed E-state index contributed by atoms with van der Waals surface area (Å²) in [6.45, 7) is 2.30. The summed E-state index contributed by atoms with van der Waals surface area (Å²) in [5.74, 6) is 1.90. The van der Waals surface area contributed by atoms with Crippen molar-refractivity contribution in [2.75, 3.05) is 0 Å². The Labute approximate surface area is 236 Å². The molecule has 10 rings (SSSR count).